The number of aromatic nitrogens is 1. The Morgan fingerprint density at radius 2 is 2.21 bits per heavy atom. The second-order valence-electron chi connectivity index (χ2n) is 7.11. The van der Waals surface area contributed by atoms with Crippen molar-refractivity contribution in [1.29, 1.82) is 0 Å². The lowest BCUT2D eigenvalue weighted by Gasteiger charge is -2.39. The molecule has 0 spiro atoms. The molecule has 1 amide bonds. The minimum atomic E-state index is -0.463. The fourth-order valence-electron chi connectivity index (χ4n) is 2.90. The first kappa shape index (κ1) is 16.5. The number of rotatable bonds is 2. The highest BCUT2D eigenvalue weighted by atomic mass is 16.6. The molecule has 1 aromatic rings. The Kier molecular flexibility index (Phi) is 4.59. The van der Waals surface area contributed by atoms with Gasteiger partial charge in [-0.25, -0.2) is 4.79 Å². The number of hydrogen-bond acceptors (Lipinski definition) is 6. The standard InChI is InChI=1S/C17H25N5O2/c1-17(2,3)24-16(23)21-8-9-22-14(12-21)11-20-15(22)19-10-13-6-4-5-7-18-13/h4-7,14H,8-12H2,1-3H3,(H,19,20). The van der Waals surface area contributed by atoms with E-state index < -0.39 is 5.60 Å². The second-order valence-corrected chi connectivity index (χ2v) is 7.11. The van der Waals surface area contributed by atoms with Gasteiger partial charge in [-0.3, -0.25) is 9.98 Å². The van der Waals surface area contributed by atoms with Crippen LogP contribution < -0.4 is 5.32 Å². The smallest absolute Gasteiger partial charge is 0.410 e. The molecule has 2 aliphatic heterocycles. The Balaban J connectivity index is 1.52. The van der Waals surface area contributed by atoms with Crippen LogP contribution in [0.3, 0.4) is 0 Å². The van der Waals surface area contributed by atoms with E-state index in [1.54, 1.807) is 11.1 Å². The lowest BCUT2D eigenvalue weighted by atomic mass is 10.2. The van der Waals surface area contributed by atoms with Crippen molar-refractivity contribution in [3.05, 3.63) is 30.1 Å². The minimum absolute atomic E-state index is 0.220. The van der Waals surface area contributed by atoms with Crippen molar-refractivity contribution >= 4 is 12.1 Å². The van der Waals surface area contributed by atoms with Crippen LogP contribution in [0.2, 0.25) is 0 Å². The highest BCUT2D eigenvalue weighted by Gasteiger charge is 2.36. The molecule has 130 valence electrons. The fourth-order valence-corrected chi connectivity index (χ4v) is 2.90. The molecule has 0 saturated carbocycles. The van der Waals surface area contributed by atoms with Crippen LogP contribution in [-0.4, -0.2) is 64.7 Å². The van der Waals surface area contributed by atoms with Crippen LogP contribution in [0, 0.1) is 0 Å². The largest absolute Gasteiger partial charge is 0.444 e. The first-order chi connectivity index (χ1) is 11.4. The molecular weight excluding hydrogens is 306 g/mol. The zero-order valence-electron chi connectivity index (χ0n) is 14.5. The van der Waals surface area contributed by atoms with Crippen molar-refractivity contribution < 1.29 is 9.53 Å². The number of nitrogens with one attached hydrogen (secondary N) is 1. The molecule has 3 rings (SSSR count). The monoisotopic (exact) mass is 331 g/mol. The maximum absolute atomic E-state index is 12.2. The summed E-state index contributed by atoms with van der Waals surface area (Å²) in [5.41, 5.74) is 0.520. The molecule has 0 aliphatic carbocycles. The average molecular weight is 331 g/mol. The van der Waals surface area contributed by atoms with Crippen molar-refractivity contribution in [2.75, 3.05) is 26.2 Å². The summed E-state index contributed by atoms with van der Waals surface area (Å²) in [7, 11) is 0. The average Bonchev–Trinajstić information content (AvgIpc) is 2.94. The molecule has 1 fully saturated rings. The van der Waals surface area contributed by atoms with Gasteiger partial charge in [0.05, 0.1) is 24.8 Å². The molecule has 2 aliphatic rings. The molecule has 1 N–H and O–H groups in total. The third kappa shape index (κ3) is 3.96. The summed E-state index contributed by atoms with van der Waals surface area (Å²) in [5.74, 6) is 0.898. The predicted molar refractivity (Wildman–Crippen MR) is 91.7 cm³/mol. The maximum Gasteiger partial charge on any atom is 0.410 e. The summed E-state index contributed by atoms with van der Waals surface area (Å²) in [5, 5.41) is 3.36. The van der Waals surface area contributed by atoms with Crippen molar-refractivity contribution in [3.63, 3.8) is 0 Å². The summed E-state index contributed by atoms with van der Waals surface area (Å²) in [6.07, 6.45) is 1.55. The van der Waals surface area contributed by atoms with Gasteiger partial charge in [0, 0.05) is 25.8 Å². The quantitative estimate of drug-likeness (QED) is 0.888. The number of guanidine groups is 1. The van der Waals surface area contributed by atoms with E-state index in [9.17, 15) is 4.79 Å². The first-order valence-electron chi connectivity index (χ1n) is 8.35. The molecule has 0 bridgehead atoms. The van der Waals surface area contributed by atoms with E-state index in [1.165, 1.54) is 0 Å². The number of amides is 1. The fraction of sp³-hybridized carbons (Fsp3) is 0.588. The summed E-state index contributed by atoms with van der Waals surface area (Å²) in [4.78, 5) is 25.1. The summed E-state index contributed by atoms with van der Waals surface area (Å²) < 4.78 is 5.47. The van der Waals surface area contributed by atoms with E-state index in [2.05, 4.69) is 20.2 Å². The minimum Gasteiger partial charge on any atom is -0.444 e. The lowest BCUT2D eigenvalue weighted by Crippen LogP contribution is -2.57. The molecule has 1 aromatic heterocycles. The van der Waals surface area contributed by atoms with E-state index >= 15 is 0 Å². The number of hydrogen-bond donors (Lipinski definition) is 1. The number of aliphatic imine (C=N–C) groups is 1. The van der Waals surface area contributed by atoms with Gasteiger partial charge in [-0.2, -0.15) is 0 Å². The Hall–Kier alpha value is -2.31. The summed E-state index contributed by atoms with van der Waals surface area (Å²) in [6.45, 7) is 9.07. The first-order valence-corrected chi connectivity index (χ1v) is 8.35. The van der Waals surface area contributed by atoms with Gasteiger partial charge in [0.15, 0.2) is 5.96 Å². The molecule has 3 heterocycles. The highest BCUT2D eigenvalue weighted by Crippen LogP contribution is 2.18. The SMILES string of the molecule is CC(C)(C)OC(=O)N1CCN2C(NCc3ccccn3)=NCC2C1. The van der Waals surface area contributed by atoms with Gasteiger partial charge in [0.25, 0.3) is 0 Å². The lowest BCUT2D eigenvalue weighted by molar-refractivity contribution is 0.0137. The topological polar surface area (TPSA) is 70.1 Å². The molecule has 0 radical (unpaired) electrons. The van der Waals surface area contributed by atoms with Gasteiger partial charge >= 0.3 is 6.09 Å². The van der Waals surface area contributed by atoms with Gasteiger partial charge in [-0.15, -0.1) is 0 Å². The van der Waals surface area contributed by atoms with Gasteiger partial charge in [-0.05, 0) is 32.9 Å². The number of fused-ring (bicyclic) bond motifs is 1. The van der Waals surface area contributed by atoms with Crippen molar-refractivity contribution in [2.24, 2.45) is 4.99 Å². The van der Waals surface area contributed by atoms with Gasteiger partial charge in [0.1, 0.15) is 5.60 Å². The predicted octanol–water partition coefficient (Wildman–Crippen LogP) is 1.46. The molecule has 1 atom stereocenters. The molecule has 7 heteroatoms. The number of ether oxygens (including phenoxy) is 1. The van der Waals surface area contributed by atoms with Gasteiger partial charge < -0.3 is 19.9 Å². The van der Waals surface area contributed by atoms with Crippen LogP contribution in [0.4, 0.5) is 4.79 Å². The Morgan fingerprint density at radius 3 is 2.92 bits per heavy atom. The number of nitrogens with zero attached hydrogens (tertiary/aromatic N) is 4. The molecule has 24 heavy (non-hydrogen) atoms. The van der Waals surface area contributed by atoms with E-state index in [1.807, 2.05) is 39.0 Å². The summed E-state index contributed by atoms with van der Waals surface area (Å²) >= 11 is 0. The van der Waals surface area contributed by atoms with Crippen LogP contribution in [-0.2, 0) is 11.3 Å². The zero-order chi connectivity index (χ0) is 17.2. The van der Waals surface area contributed by atoms with E-state index in [4.69, 9.17) is 4.74 Å². The Labute approximate surface area is 142 Å². The zero-order valence-corrected chi connectivity index (χ0v) is 14.5. The van der Waals surface area contributed by atoms with E-state index in [-0.39, 0.29) is 12.1 Å². The van der Waals surface area contributed by atoms with Crippen LogP contribution in [0.5, 0.6) is 0 Å². The molecule has 0 aromatic carbocycles. The van der Waals surface area contributed by atoms with Crippen LogP contribution in [0.1, 0.15) is 26.5 Å². The molecular formula is C17H25N5O2. The molecule has 1 saturated heterocycles. The van der Waals surface area contributed by atoms with E-state index in [0.717, 1.165) is 18.2 Å². The van der Waals surface area contributed by atoms with E-state index in [0.29, 0.717) is 26.2 Å². The molecule has 1 unspecified atom stereocenters. The normalized spacial score (nSPS) is 20.5. The number of pyridine rings is 1. The molecule has 7 nitrogen and oxygen atoms in total. The Morgan fingerprint density at radius 1 is 1.38 bits per heavy atom. The number of carbonyl (C=O) groups is 1. The van der Waals surface area contributed by atoms with Crippen LogP contribution >= 0.6 is 0 Å². The van der Waals surface area contributed by atoms with Gasteiger partial charge in [0.2, 0.25) is 0 Å². The van der Waals surface area contributed by atoms with Crippen LogP contribution in [0.25, 0.3) is 0 Å². The second kappa shape index (κ2) is 6.67. The highest BCUT2D eigenvalue weighted by molar-refractivity contribution is 5.82. The van der Waals surface area contributed by atoms with Gasteiger partial charge in [-0.1, -0.05) is 6.07 Å². The maximum atomic E-state index is 12.2. The number of carbonyl (C=O) groups excluding carboxylic acids is 1. The Bertz CT molecular complexity index is 611. The van der Waals surface area contributed by atoms with Crippen molar-refractivity contribution in [3.8, 4) is 0 Å². The van der Waals surface area contributed by atoms with Crippen molar-refractivity contribution in [1.82, 2.24) is 20.1 Å². The summed E-state index contributed by atoms with van der Waals surface area (Å²) in [6, 6.07) is 6.09. The van der Waals surface area contributed by atoms with Crippen LogP contribution in [0.15, 0.2) is 29.4 Å². The third-order valence-electron chi connectivity index (χ3n) is 4.01. The van der Waals surface area contributed by atoms with Crippen molar-refractivity contribution in [2.45, 2.75) is 39.0 Å². The third-order valence-corrected chi connectivity index (χ3v) is 4.01. The number of piperazine rings is 1.